The van der Waals surface area contributed by atoms with E-state index in [1.165, 1.54) is 7.11 Å². The van der Waals surface area contributed by atoms with Crippen molar-refractivity contribution in [3.8, 4) is 0 Å². The predicted molar refractivity (Wildman–Crippen MR) is 71.3 cm³/mol. The van der Waals surface area contributed by atoms with Gasteiger partial charge in [0.15, 0.2) is 0 Å². The Balaban J connectivity index is 2.72. The van der Waals surface area contributed by atoms with Crippen molar-refractivity contribution in [2.75, 3.05) is 7.11 Å². The molecule has 0 saturated carbocycles. The van der Waals surface area contributed by atoms with Crippen LogP contribution in [0.3, 0.4) is 0 Å². The van der Waals surface area contributed by atoms with Crippen LogP contribution in [0, 0.1) is 0 Å². The minimum absolute atomic E-state index is 0.126. The molecule has 0 fully saturated rings. The molecule has 3 nitrogen and oxygen atoms in total. The lowest BCUT2D eigenvalue weighted by molar-refractivity contribution is 0.0601. The second-order valence-corrected chi connectivity index (χ2v) is 5.66. The van der Waals surface area contributed by atoms with Crippen LogP contribution in [-0.4, -0.2) is 13.1 Å². The molecule has 0 radical (unpaired) electrons. The average Bonchev–Trinajstić information content (AvgIpc) is 2.70. The summed E-state index contributed by atoms with van der Waals surface area (Å²) in [6.45, 7) is 6.14. The van der Waals surface area contributed by atoms with E-state index in [0.29, 0.717) is 16.2 Å². The monoisotopic (exact) mass is 266 g/mol. The van der Waals surface area contributed by atoms with Gasteiger partial charge in [0, 0.05) is 15.8 Å². The maximum absolute atomic E-state index is 11.7. The molecule has 0 aliphatic rings. The molecule has 1 aromatic heterocycles. The summed E-state index contributed by atoms with van der Waals surface area (Å²) in [4.78, 5) is 11.7. The highest BCUT2D eigenvalue weighted by Crippen LogP contribution is 2.33. The van der Waals surface area contributed by atoms with Crippen LogP contribution in [0.1, 0.15) is 36.9 Å². The van der Waals surface area contributed by atoms with Crippen LogP contribution in [0.15, 0.2) is 22.6 Å². The summed E-state index contributed by atoms with van der Waals surface area (Å²) in [6, 6.07) is 5.25. The summed E-state index contributed by atoms with van der Waals surface area (Å²) in [5, 5.41) is 1.30. The molecule has 0 atom stereocenters. The summed E-state index contributed by atoms with van der Waals surface area (Å²) in [6.07, 6.45) is 0. The van der Waals surface area contributed by atoms with Crippen LogP contribution >= 0.6 is 11.6 Å². The maximum Gasteiger partial charge on any atom is 0.341 e. The molecule has 0 saturated heterocycles. The van der Waals surface area contributed by atoms with Crippen LogP contribution in [0.25, 0.3) is 11.0 Å². The molecule has 18 heavy (non-hydrogen) atoms. The van der Waals surface area contributed by atoms with Gasteiger partial charge < -0.3 is 9.15 Å². The molecule has 0 amide bonds. The quantitative estimate of drug-likeness (QED) is 0.727. The average molecular weight is 267 g/mol. The van der Waals surface area contributed by atoms with Crippen molar-refractivity contribution in [2.45, 2.75) is 26.2 Å². The Morgan fingerprint density at radius 2 is 1.94 bits per heavy atom. The Bertz CT molecular complexity index is 605. The lowest BCUT2D eigenvalue weighted by Gasteiger charge is -2.13. The number of hydrogen-bond donors (Lipinski definition) is 0. The Morgan fingerprint density at radius 3 is 2.50 bits per heavy atom. The van der Waals surface area contributed by atoms with Gasteiger partial charge in [-0.1, -0.05) is 32.4 Å². The Morgan fingerprint density at radius 1 is 1.28 bits per heavy atom. The lowest BCUT2D eigenvalue weighted by Crippen LogP contribution is -2.09. The molecule has 0 spiro atoms. The number of carbonyl (C=O) groups is 1. The number of rotatable bonds is 1. The fourth-order valence-corrected chi connectivity index (χ4v) is 1.97. The highest BCUT2D eigenvalue weighted by molar-refractivity contribution is 6.32. The highest BCUT2D eigenvalue weighted by atomic mass is 35.5. The summed E-state index contributed by atoms with van der Waals surface area (Å²) in [5.41, 5.74) is 0.755. The van der Waals surface area contributed by atoms with Crippen molar-refractivity contribution in [1.29, 1.82) is 0 Å². The van der Waals surface area contributed by atoms with Crippen LogP contribution in [-0.2, 0) is 10.2 Å². The molecular formula is C14H15ClO3. The van der Waals surface area contributed by atoms with E-state index in [2.05, 4.69) is 0 Å². The second-order valence-electron chi connectivity index (χ2n) is 5.22. The zero-order valence-electron chi connectivity index (χ0n) is 10.8. The van der Waals surface area contributed by atoms with E-state index in [0.717, 1.165) is 11.1 Å². The number of carbonyl (C=O) groups excluding carboxylic acids is 1. The van der Waals surface area contributed by atoms with Crippen molar-refractivity contribution in [2.24, 2.45) is 0 Å². The number of benzene rings is 1. The Labute approximate surface area is 111 Å². The zero-order chi connectivity index (χ0) is 13.5. The maximum atomic E-state index is 11.7. The smallest absolute Gasteiger partial charge is 0.341 e. The minimum Gasteiger partial charge on any atom is -0.465 e. The fraction of sp³-hybridized carbons (Fsp3) is 0.357. The fourth-order valence-electron chi connectivity index (χ4n) is 1.75. The van der Waals surface area contributed by atoms with E-state index < -0.39 is 5.97 Å². The van der Waals surface area contributed by atoms with E-state index in [1.54, 1.807) is 12.1 Å². The van der Waals surface area contributed by atoms with Crippen LogP contribution in [0.5, 0.6) is 0 Å². The van der Waals surface area contributed by atoms with Gasteiger partial charge >= 0.3 is 5.97 Å². The minimum atomic E-state index is -0.447. The molecule has 0 aliphatic heterocycles. The predicted octanol–water partition coefficient (Wildman–Crippen LogP) is 4.17. The van der Waals surface area contributed by atoms with Crippen molar-refractivity contribution < 1.29 is 13.9 Å². The Kier molecular flexibility index (Phi) is 3.11. The number of furan rings is 1. The van der Waals surface area contributed by atoms with E-state index >= 15 is 0 Å². The molecule has 0 unspecified atom stereocenters. The van der Waals surface area contributed by atoms with Gasteiger partial charge in [-0.3, -0.25) is 0 Å². The first-order valence-electron chi connectivity index (χ1n) is 5.65. The van der Waals surface area contributed by atoms with E-state index in [1.807, 2.05) is 26.8 Å². The van der Waals surface area contributed by atoms with Gasteiger partial charge in [0.05, 0.1) is 7.11 Å². The topological polar surface area (TPSA) is 39.4 Å². The van der Waals surface area contributed by atoms with Crippen molar-refractivity contribution in [1.82, 2.24) is 0 Å². The van der Waals surface area contributed by atoms with Gasteiger partial charge in [0.25, 0.3) is 0 Å². The molecular weight excluding hydrogens is 252 g/mol. The summed E-state index contributed by atoms with van der Waals surface area (Å²) in [7, 11) is 1.34. The lowest BCUT2D eigenvalue weighted by atomic mass is 9.93. The number of halogens is 1. The van der Waals surface area contributed by atoms with Gasteiger partial charge in [0.2, 0.25) is 0 Å². The summed E-state index contributed by atoms with van der Waals surface area (Å²) >= 11 is 6.00. The van der Waals surface area contributed by atoms with Crippen LogP contribution in [0.4, 0.5) is 0 Å². The molecule has 0 bridgehead atoms. The highest BCUT2D eigenvalue weighted by Gasteiger charge is 2.22. The molecule has 96 valence electrons. The van der Waals surface area contributed by atoms with Gasteiger partial charge in [-0.2, -0.15) is 0 Å². The number of ether oxygens (including phenoxy) is 1. The van der Waals surface area contributed by atoms with Gasteiger partial charge in [0.1, 0.15) is 16.9 Å². The molecule has 2 rings (SSSR count). The van der Waals surface area contributed by atoms with Crippen LogP contribution in [0.2, 0.25) is 5.02 Å². The van der Waals surface area contributed by atoms with E-state index in [-0.39, 0.29) is 5.41 Å². The number of fused-ring (bicyclic) bond motifs is 1. The largest absolute Gasteiger partial charge is 0.465 e. The van der Waals surface area contributed by atoms with E-state index in [9.17, 15) is 4.79 Å². The van der Waals surface area contributed by atoms with Crippen molar-refractivity contribution >= 4 is 28.5 Å². The third-order valence-corrected chi connectivity index (χ3v) is 2.94. The molecule has 2 aromatic rings. The van der Waals surface area contributed by atoms with Crippen molar-refractivity contribution in [3.63, 3.8) is 0 Å². The first-order chi connectivity index (χ1) is 8.32. The Hall–Kier alpha value is -1.48. The third-order valence-electron chi connectivity index (χ3n) is 2.73. The summed E-state index contributed by atoms with van der Waals surface area (Å²) < 4.78 is 10.5. The normalized spacial score (nSPS) is 11.8. The number of methoxy groups -OCH3 is 1. The molecule has 0 aliphatic carbocycles. The molecule has 1 heterocycles. The van der Waals surface area contributed by atoms with Crippen LogP contribution < -0.4 is 0 Å². The number of hydrogen-bond acceptors (Lipinski definition) is 3. The van der Waals surface area contributed by atoms with Gasteiger partial charge in [-0.15, -0.1) is 0 Å². The SMILES string of the molecule is COC(=O)c1cc(Cl)cc2cc(C(C)(C)C)oc12. The number of esters is 1. The first kappa shape index (κ1) is 13.0. The van der Waals surface area contributed by atoms with Gasteiger partial charge in [-0.05, 0) is 18.2 Å². The molecule has 0 N–H and O–H groups in total. The molecule has 4 heteroatoms. The zero-order valence-corrected chi connectivity index (χ0v) is 11.6. The molecule has 1 aromatic carbocycles. The standard InChI is InChI=1S/C14H15ClO3/c1-14(2,3)11-6-8-5-9(15)7-10(12(8)18-11)13(16)17-4/h5-7H,1-4H3. The van der Waals surface area contributed by atoms with Crippen molar-refractivity contribution in [3.05, 3.63) is 34.5 Å². The second kappa shape index (κ2) is 4.32. The first-order valence-corrected chi connectivity index (χ1v) is 6.02. The van der Waals surface area contributed by atoms with E-state index in [4.69, 9.17) is 20.8 Å². The van der Waals surface area contributed by atoms with Gasteiger partial charge in [-0.25, -0.2) is 4.79 Å². The summed E-state index contributed by atoms with van der Waals surface area (Å²) in [5.74, 6) is 0.363. The third kappa shape index (κ3) is 2.23.